The van der Waals surface area contributed by atoms with E-state index in [0.29, 0.717) is 29.8 Å². The fraction of sp³-hybridized carbons (Fsp3) is 0.368. The Morgan fingerprint density at radius 2 is 2.04 bits per heavy atom. The Morgan fingerprint density at radius 3 is 2.73 bits per heavy atom. The Hall–Kier alpha value is -2.18. The average molecular weight is 379 g/mol. The summed E-state index contributed by atoms with van der Waals surface area (Å²) in [4.78, 5) is 8.62. The number of hydrogen-bond acceptors (Lipinski definition) is 3. The van der Waals surface area contributed by atoms with Crippen LogP contribution in [0.2, 0.25) is 5.15 Å². The molecule has 0 saturated carbocycles. The highest BCUT2D eigenvalue weighted by Gasteiger charge is 2.04. The Labute approximate surface area is 158 Å². The van der Waals surface area contributed by atoms with Crippen LogP contribution in [0.5, 0.6) is 0 Å². The highest BCUT2D eigenvalue weighted by atomic mass is 35.5. The van der Waals surface area contributed by atoms with E-state index in [2.05, 4.69) is 20.6 Å². The molecule has 2 rings (SSSR count). The van der Waals surface area contributed by atoms with Crippen LogP contribution < -0.4 is 10.6 Å². The molecule has 140 valence electrons. The maximum Gasteiger partial charge on any atom is 0.191 e. The summed E-state index contributed by atoms with van der Waals surface area (Å²) in [5.74, 6) is 0.452. The van der Waals surface area contributed by atoms with Gasteiger partial charge >= 0.3 is 0 Å². The second kappa shape index (κ2) is 10.7. The van der Waals surface area contributed by atoms with Crippen LogP contribution in [0.1, 0.15) is 23.6 Å². The first-order valence-electron chi connectivity index (χ1n) is 8.51. The van der Waals surface area contributed by atoms with Crippen molar-refractivity contribution in [3.8, 4) is 0 Å². The summed E-state index contributed by atoms with van der Waals surface area (Å²) in [5.41, 5.74) is 2.56. The quantitative estimate of drug-likeness (QED) is 0.420. The minimum atomic E-state index is -0.263. The topological polar surface area (TPSA) is 58.5 Å². The minimum absolute atomic E-state index is 0.247. The van der Waals surface area contributed by atoms with Crippen LogP contribution in [0.3, 0.4) is 0 Å². The standard InChI is InChI=1S/C19H24ClFN4O/c1-3-22-19(23-9-8-14-5-7-18(20)24-11-14)25-12-15-4-6-17(21)16(10-15)13-26-2/h4-7,10-11H,3,8-9,12-13H2,1-2H3,(H2,22,23,25). The van der Waals surface area contributed by atoms with Crippen LogP contribution in [0.4, 0.5) is 4.39 Å². The molecule has 0 fully saturated rings. The van der Waals surface area contributed by atoms with Gasteiger partial charge in [-0.15, -0.1) is 0 Å². The van der Waals surface area contributed by atoms with E-state index >= 15 is 0 Å². The van der Waals surface area contributed by atoms with E-state index in [9.17, 15) is 4.39 Å². The van der Waals surface area contributed by atoms with E-state index in [0.717, 1.165) is 24.1 Å². The van der Waals surface area contributed by atoms with Gasteiger partial charge in [-0.1, -0.05) is 23.7 Å². The van der Waals surface area contributed by atoms with Crippen LogP contribution in [0.25, 0.3) is 0 Å². The zero-order valence-electron chi connectivity index (χ0n) is 15.1. The number of halogens is 2. The Bertz CT molecular complexity index is 722. The summed E-state index contributed by atoms with van der Waals surface area (Å²) in [6, 6.07) is 8.71. The number of aromatic nitrogens is 1. The van der Waals surface area contributed by atoms with E-state index in [-0.39, 0.29) is 12.4 Å². The summed E-state index contributed by atoms with van der Waals surface area (Å²) in [5, 5.41) is 6.98. The third-order valence-electron chi connectivity index (χ3n) is 3.67. The summed E-state index contributed by atoms with van der Waals surface area (Å²) in [6.07, 6.45) is 2.58. The number of nitrogens with zero attached hydrogens (tertiary/aromatic N) is 2. The van der Waals surface area contributed by atoms with Crippen LogP contribution in [0.15, 0.2) is 41.5 Å². The number of rotatable bonds is 8. The van der Waals surface area contributed by atoms with Gasteiger partial charge in [0.25, 0.3) is 0 Å². The highest BCUT2D eigenvalue weighted by molar-refractivity contribution is 6.29. The van der Waals surface area contributed by atoms with Crippen molar-refractivity contribution in [2.24, 2.45) is 4.99 Å². The first kappa shape index (κ1) is 20.1. The van der Waals surface area contributed by atoms with Gasteiger partial charge in [-0.2, -0.15) is 0 Å². The van der Waals surface area contributed by atoms with Crippen molar-refractivity contribution in [3.05, 3.63) is 64.2 Å². The average Bonchev–Trinajstić information content (AvgIpc) is 2.64. The number of hydrogen-bond donors (Lipinski definition) is 2. The van der Waals surface area contributed by atoms with Gasteiger partial charge in [-0.3, -0.25) is 0 Å². The molecule has 0 aliphatic rings. The lowest BCUT2D eigenvalue weighted by atomic mass is 10.1. The zero-order chi connectivity index (χ0) is 18.8. The highest BCUT2D eigenvalue weighted by Crippen LogP contribution is 2.12. The number of ether oxygens (including phenoxy) is 1. The second-order valence-electron chi connectivity index (χ2n) is 5.72. The first-order chi connectivity index (χ1) is 12.6. The molecular weight excluding hydrogens is 355 g/mol. The molecular formula is C19H24ClFN4O. The van der Waals surface area contributed by atoms with Gasteiger partial charge in [0, 0.05) is 32.0 Å². The van der Waals surface area contributed by atoms with Gasteiger partial charge in [-0.25, -0.2) is 14.4 Å². The number of benzene rings is 1. The van der Waals surface area contributed by atoms with Crippen molar-refractivity contribution in [1.29, 1.82) is 0 Å². The molecule has 2 N–H and O–H groups in total. The van der Waals surface area contributed by atoms with E-state index in [1.54, 1.807) is 31.5 Å². The van der Waals surface area contributed by atoms with Crippen LogP contribution in [0, 0.1) is 5.82 Å². The molecule has 0 aliphatic heterocycles. The fourth-order valence-corrected chi connectivity index (χ4v) is 2.50. The van der Waals surface area contributed by atoms with Gasteiger partial charge in [0.1, 0.15) is 11.0 Å². The van der Waals surface area contributed by atoms with Crippen LogP contribution in [-0.2, 0) is 24.3 Å². The molecule has 26 heavy (non-hydrogen) atoms. The molecule has 1 heterocycles. The second-order valence-corrected chi connectivity index (χ2v) is 6.11. The summed E-state index contributed by atoms with van der Waals surface area (Å²) >= 11 is 5.79. The van der Waals surface area contributed by atoms with E-state index in [4.69, 9.17) is 16.3 Å². The summed E-state index contributed by atoms with van der Waals surface area (Å²) < 4.78 is 18.7. The molecule has 0 spiro atoms. The van der Waals surface area contributed by atoms with E-state index < -0.39 is 0 Å². The lowest BCUT2D eigenvalue weighted by molar-refractivity contribution is 0.181. The maximum absolute atomic E-state index is 13.7. The number of guanidine groups is 1. The fourth-order valence-electron chi connectivity index (χ4n) is 2.38. The van der Waals surface area contributed by atoms with Crippen molar-refractivity contribution in [3.63, 3.8) is 0 Å². The van der Waals surface area contributed by atoms with Crippen molar-refractivity contribution in [2.75, 3.05) is 20.2 Å². The normalized spacial score (nSPS) is 11.5. The molecule has 0 atom stereocenters. The summed E-state index contributed by atoms with van der Waals surface area (Å²) in [6.45, 7) is 4.18. The predicted octanol–water partition coefficient (Wildman–Crippen LogP) is 3.32. The molecule has 0 saturated heterocycles. The van der Waals surface area contributed by atoms with Crippen molar-refractivity contribution in [1.82, 2.24) is 15.6 Å². The third kappa shape index (κ3) is 6.61. The third-order valence-corrected chi connectivity index (χ3v) is 3.89. The maximum atomic E-state index is 13.7. The largest absolute Gasteiger partial charge is 0.380 e. The van der Waals surface area contributed by atoms with E-state index in [1.807, 2.05) is 13.0 Å². The van der Waals surface area contributed by atoms with Crippen LogP contribution in [-0.4, -0.2) is 31.1 Å². The SMILES string of the molecule is CCNC(=NCc1ccc(F)c(COC)c1)NCCc1ccc(Cl)nc1. The molecule has 7 heteroatoms. The van der Waals surface area contributed by atoms with Gasteiger partial charge < -0.3 is 15.4 Å². The summed E-state index contributed by atoms with van der Waals surface area (Å²) in [7, 11) is 1.55. The molecule has 0 bridgehead atoms. The number of aliphatic imine (C=N–C) groups is 1. The van der Waals surface area contributed by atoms with Gasteiger partial charge in [0.15, 0.2) is 5.96 Å². The molecule has 2 aromatic rings. The lowest BCUT2D eigenvalue weighted by Gasteiger charge is -2.11. The van der Waals surface area contributed by atoms with Crippen molar-refractivity contribution >= 4 is 17.6 Å². The number of nitrogens with one attached hydrogen (secondary N) is 2. The van der Waals surface area contributed by atoms with Gasteiger partial charge in [-0.05, 0) is 42.7 Å². The Kier molecular flexibility index (Phi) is 8.31. The van der Waals surface area contributed by atoms with Gasteiger partial charge in [0.05, 0.1) is 13.2 Å². The molecule has 0 aliphatic carbocycles. The molecule has 1 aromatic heterocycles. The van der Waals surface area contributed by atoms with Crippen molar-refractivity contribution in [2.45, 2.75) is 26.5 Å². The molecule has 1 aromatic carbocycles. The monoisotopic (exact) mass is 378 g/mol. The molecule has 0 amide bonds. The smallest absolute Gasteiger partial charge is 0.191 e. The van der Waals surface area contributed by atoms with E-state index in [1.165, 1.54) is 6.07 Å². The minimum Gasteiger partial charge on any atom is -0.380 e. The number of pyridine rings is 1. The number of methoxy groups -OCH3 is 1. The van der Waals surface area contributed by atoms with Crippen molar-refractivity contribution < 1.29 is 9.13 Å². The molecule has 0 radical (unpaired) electrons. The lowest BCUT2D eigenvalue weighted by Crippen LogP contribution is -2.38. The van der Waals surface area contributed by atoms with Gasteiger partial charge in [0.2, 0.25) is 0 Å². The Balaban J connectivity index is 1.93. The first-order valence-corrected chi connectivity index (χ1v) is 8.89. The molecule has 5 nitrogen and oxygen atoms in total. The predicted molar refractivity (Wildman–Crippen MR) is 103 cm³/mol. The van der Waals surface area contributed by atoms with Crippen LogP contribution >= 0.6 is 11.6 Å². The Morgan fingerprint density at radius 1 is 1.23 bits per heavy atom. The molecule has 0 unspecified atom stereocenters. The zero-order valence-corrected chi connectivity index (χ0v) is 15.8.